The Morgan fingerprint density at radius 2 is 1.09 bits per heavy atom. The van der Waals surface area contributed by atoms with Gasteiger partial charge >= 0.3 is 7.60 Å². The van der Waals surface area contributed by atoms with E-state index in [1.165, 1.54) is 103 Å². The summed E-state index contributed by atoms with van der Waals surface area (Å²) in [4.78, 5) is 10.3. The number of rotatable bonds is 24. The average Bonchev–Trinajstić information content (AvgIpc) is 2.74. The summed E-state index contributed by atoms with van der Waals surface area (Å²) in [7, 11) is 2.32. The van der Waals surface area contributed by atoms with Gasteiger partial charge in [0, 0.05) is 6.42 Å². The third-order valence-electron chi connectivity index (χ3n) is 6.66. The molecule has 0 spiro atoms. The van der Waals surface area contributed by atoms with Crippen LogP contribution in [0.1, 0.15) is 136 Å². The van der Waals surface area contributed by atoms with Gasteiger partial charge in [0.15, 0.2) is 5.78 Å². The molecule has 0 radical (unpaired) electrons. The molecule has 0 saturated carbocycles. The third kappa shape index (κ3) is 19.8. The predicted octanol–water partition coefficient (Wildman–Crippen LogP) is 9.23. The van der Waals surface area contributed by atoms with E-state index in [0.717, 1.165) is 12.8 Å². The molecule has 0 amide bonds. The largest absolute Gasteiger partial charge is 0.385 e. The Morgan fingerprint density at radius 3 is 1.42 bits per heavy atom. The van der Waals surface area contributed by atoms with E-state index in [-0.39, 0.29) is 5.78 Å². The van der Waals surface area contributed by atoms with Crippen LogP contribution in [0.15, 0.2) is 12.2 Å². The van der Waals surface area contributed by atoms with E-state index in [9.17, 15) is 9.46 Å². The van der Waals surface area contributed by atoms with Gasteiger partial charge in [-0.15, -0.1) is 0 Å². The van der Waals surface area contributed by atoms with Crippen molar-refractivity contribution in [3.8, 4) is 0 Å². The molecule has 33 heavy (non-hydrogen) atoms. The van der Waals surface area contributed by atoms with Gasteiger partial charge in [-0.3, -0.25) is 4.57 Å². The van der Waals surface area contributed by atoms with Crippen LogP contribution in [0.2, 0.25) is 0 Å². The summed E-state index contributed by atoms with van der Waals surface area (Å²) in [6.07, 6.45) is 29.0. The summed E-state index contributed by atoms with van der Waals surface area (Å²) in [5.74, 6) is -0.347. The fourth-order valence-corrected chi connectivity index (χ4v) is 6.58. The lowest BCUT2D eigenvalue weighted by atomic mass is 10.0. The predicted molar refractivity (Wildman–Crippen MR) is 146 cm³/mol. The number of quaternary nitrogens is 1. The molecule has 4 nitrogen and oxygen atoms in total. The Bertz CT molecular complexity index is 502. The SMILES string of the molecule is C/C=C\CCCCCCCCCCCCCCCCCCCOP(=O)(O)C(CC)[N+](C)(C)C. The summed E-state index contributed by atoms with van der Waals surface area (Å²) in [6.45, 7) is 4.47. The standard InChI is InChI=1S/C28H58NO3P/c1-6-8-9-10-11-12-13-14-15-16-17-18-19-20-21-22-23-24-25-26-27-32-33(30,31)28(7-2)29(3,4)5/h6,8,28H,7,9-27H2,1-5H3/p+1/b8-6-. The van der Waals surface area contributed by atoms with Crippen molar-refractivity contribution in [3.05, 3.63) is 12.2 Å². The summed E-state index contributed by atoms with van der Waals surface area (Å²) in [5, 5.41) is 0. The second-order valence-electron chi connectivity index (χ2n) is 10.8. The molecule has 0 aliphatic heterocycles. The van der Waals surface area contributed by atoms with Crippen molar-refractivity contribution in [2.24, 2.45) is 0 Å². The Hall–Kier alpha value is -0.150. The first-order valence-corrected chi connectivity index (χ1v) is 15.8. The van der Waals surface area contributed by atoms with Gasteiger partial charge in [0.05, 0.1) is 27.7 Å². The van der Waals surface area contributed by atoms with Crippen molar-refractivity contribution >= 4 is 7.60 Å². The van der Waals surface area contributed by atoms with Gasteiger partial charge in [-0.05, 0) is 26.2 Å². The van der Waals surface area contributed by atoms with Crippen LogP contribution in [0.4, 0.5) is 0 Å². The van der Waals surface area contributed by atoms with Gasteiger partial charge in [0.1, 0.15) is 0 Å². The van der Waals surface area contributed by atoms with Crippen molar-refractivity contribution in [1.82, 2.24) is 0 Å². The Morgan fingerprint density at radius 1 is 0.727 bits per heavy atom. The molecule has 2 unspecified atom stereocenters. The highest BCUT2D eigenvalue weighted by atomic mass is 31.2. The van der Waals surface area contributed by atoms with Gasteiger partial charge in [-0.25, -0.2) is 0 Å². The number of hydrogen-bond donors (Lipinski definition) is 1. The molecule has 0 fully saturated rings. The lowest BCUT2D eigenvalue weighted by Gasteiger charge is -2.35. The first kappa shape index (κ1) is 32.8. The number of unbranched alkanes of at least 4 members (excludes halogenated alkanes) is 17. The number of hydrogen-bond acceptors (Lipinski definition) is 2. The van der Waals surface area contributed by atoms with Crippen LogP contribution in [0.3, 0.4) is 0 Å². The highest BCUT2D eigenvalue weighted by Crippen LogP contribution is 2.51. The molecule has 0 aliphatic carbocycles. The van der Waals surface area contributed by atoms with Gasteiger partial charge in [0.25, 0.3) is 0 Å². The molecule has 0 saturated heterocycles. The molecule has 5 heteroatoms. The fraction of sp³-hybridized carbons (Fsp3) is 0.929. The molecular weight excluding hydrogens is 429 g/mol. The molecule has 1 N–H and O–H groups in total. The minimum atomic E-state index is -3.55. The third-order valence-corrected chi connectivity index (χ3v) is 9.03. The monoisotopic (exact) mass is 488 g/mol. The Labute approximate surface area is 207 Å². The Kier molecular flexibility index (Phi) is 21.1. The van der Waals surface area contributed by atoms with Crippen LogP contribution in [0.5, 0.6) is 0 Å². The van der Waals surface area contributed by atoms with Gasteiger partial charge < -0.3 is 13.9 Å². The summed E-state index contributed by atoms with van der Waals surface area (Å²) >= 11 is 0. The van der Waals surface area contributed by atoms with Crippen LogP contribution in [-0.2, 0) is 9.09 Å². The molecule has 0 rings (SSSR count). The quantitative estimate of drug-likeness (QED) is 0.0637. The molecule has 0 heterocycles. The topological polar surface area (TPSA) is 46.5 Å². The maximum atomic E-state index is 12.5. The molecule has 0 aliphatic rings. The van der Waals surface area contributed by atoms with E-state index in [0.29, 0.717) is 17.5 Å². The summed E-state index contributed by atoms with van der Waals surface area (Å²) in [5.41, 5.74) is 0. The van der Waals surface area contributed by atoms with E-state index in [2.05, 4.69) is 19.1 Å². The zero-order valence-electron chi connectivity index (χ0n) is 23.0. The van der Waals surface area contributed by atoms with Gasteiger partial charge in [0.2, 0.25) is 0 Å². The smallest absolute Gasteiger partial charge is 0.320 e. The van der Waals surface area contributed by atoms with Crippen molar-refractivity contribution in [1.29, 1.82) is 0 Å². The highest BCUT2D eigenvalue weighted by molar-refractivity contribution is 7.53. The maximum Gasteiger partial charge on any atom is 0.385 e. The van der Waals surface area contributed by atoms with Crippen molar-refractivity contribution in [2.75, 3.05) is 27.7 Å². The van der Waals surface area contributed by atoms with Crippen LogP contribution in [0, 0.1) is 0 Å². The molecule has 0 bridgehead atoms. The molecule has 0 aromatic carbocycles. The van der Waals surface area contributed by atoms with Crippen LogP contribution in [-0.4, -0.2) is 42.9 Å². The van der Waals surface area contributed by atoms with Crippen molar-refractivity contribution < 1.29 is 18.5 Å². The van der Waals surface area contributed by atoms with E-state index in [1.54, 1.807) is 0 Å². The average molecular weight is 489 g/mol. The summed E-state index contributed by atoms with van der Waals surface area (Å²) in [6, 6.07) is 0. The lowest BCUT2D eigenvalue weighted by molar-refractivity contribution is -0.883. The highest BCUT2D eigenvalue weighted by Gasteiger charge is 2.41. The molecule has 0 aromatic rings. The first-order chi connectivity index (χ1) is 15.8. The minimum Gasteiger partial charge on any atom is -0.320 e. The summed E-state index contributed by atoms with van der Waals surface area (Å²) < 4.78 is 18.4. The van der Waals surface area contributed by atoms with Crippen LogP contribution in [0.25, 0.3) is 0 Å². The van der Waals surface area contributed by atoms with Crippen molar-refractivity contribution in [2.45, 2.75) is 142 Å². The molecular formula is C28H59NO3P+. The Balaban J connectivity index is 3.37. The molecule has 2 atom stereocenters. The first-order valence-electron chi connectivity index (χ1n) is 14.1. The molecule has 0 aromatic heterocycles. The zero-order valence-corrected chi connectivity index (χ0v) is 23.9. The van der Waals surface area contributed by atoms with Crippen molar-refractivity contribution in [3.63, 3.8) is 0 Å². The van der Waals surface area contributed by atoms with E-state index < -0.39 is 7.60 Å². The maximum absolute atomic E-state index is 12.5. The fourth-order valence-electron chi connectivity index (χ4n) is 4.68. The zero-order chi connectivity index (χ0) is 24.8. The normalized spacial score (nSPS) is 15.2. The van der Waals surface area contributed by atoms with E-state index in [4.69, 9.17) is 4.52 Å². The van der Waals surface area contributed by atoms with Gasteiger partial charge in [-0.1, -0.05) is 115 Å². The van der Waals surface area contributed by atoms with E-state index in [1.807, 2.05) is 28.1 Å². The van der Waals surface area contributed by atoms with Crippen LogP contribution >= 0.6 is 7.60 Å². The minimum absolute atomic E-state index is 0.347. The van der Waals surface area contributed by atoms with Crippen LogP contribution < -0.4 is 0 Å². The number of allylic oxidation sites excluding steroid dienone is 2. The van der Waals surface area contributed by atoms with E-state index >= 15 is 0 Å². The second kappa shape index (κ2) is 21.2. The molecule has 198 valence electrons. The van der Waals surface area contributed by atoms with Gasteiger partial charge in [-0.2, -0.15) is 0 Å². The lowest BCUT2D eigenvalue weighted by Crippen LogP contribution is -2.44. The second-order valence-corrected chi connectivity index (χ2v) is 12.8. The number of nitrogens with zero attached hydrogens (tertiary/aromatic N) is 1.